The summed E-state index contributed by atoms with van der Waals surface area (Å²) in [6, 6.07) is 14.6. The van der Waals surface area contributed by atoms with Crippen LogP contribution in [0.15, 0.2) is 66.2 Å². The third kappa shape index (κ3) is 4.13. The highest BCUT2D eigenvalue weighted by Crippen LogP contribution is 2.46. The van der Waals surface area contributed by atoms with Crippen LogP contribution in [-0.2, 0) is 9.59 Å². The Balaban J connectivity index is 2.02. The highest BCUT2D eigenvalue weighted by Gasteiger charge is 2.47. The molecule has 1 saturated heterocycles. The molecular formula is C26H22ClNO7. The van der Waals surface area contributed by atoms with Crippen molar-refractivity contribution in [3.8, 4) is 23.0 Å². The van der Waals surface area contributed by atoms with Gasteiger partial charge in [-0.05, 0) is 54.1 Å². The Kier molecular flexibility index (Phi) is 6.57. The van der Waals surface area contributed by atoms with Gasteiger partial charge < -0.3 is 24.4 Å². The molecule has 1 fully saturated rings. The fourth-order valence-electron chi connectivity index (χ4n) is 4.11. The van der Waals surface area contributed by atoms with Crippen molar-refractivity contribution in [3.63, 3.8) is 0 Å². The van der Waals surface area contributed by atoms with Crippen LogP contribution in [0, 0.1) is 0 Å². The van der Waals surface area contributed by atoms with E-state index in [0.29, 0.717) is 16.3 Å². The van der Waals surface area contributed by atoms with E-state index in [9.17, 15) is 19.8 Å². The number of hydrogen-bond acceptors (Lipinski definition) is 7. The zero-order valence-corrected chi connectivity index (χ0v) is 19.9. The molecule has 0 aromatic heterocycles. The minimum Gasteiger partial charge on any atom is -0.506 e. The normalized spacial score (nSPS) is 16.9. The van der Waals surface area contributed by atoms with Gasteiger partial charge in [-0.3, -0.25) is 14.5 Å². The molecular weight excluding hydrogens is 474 g/mol. The first-order valence-corrected chi connectivity index (χ1v) is 10.8. The number of rotatable bonds is 6. The van der Waals surface area contributed by atoms with Crippen molar-refractivity contribution in [3.05, 3.63) is 82.4 Å². The minimum atomic E-state index is -1.08. The number of ether oxygens (including phenoxy) is 3. The number of carbonyl (C=O) groups excluding carboxylic acids is 2. The first-order valence-electron chi connectivity index (χ1n) is 10.5. The monoisotopic (exact) mass is 495 g/mol. The molecule has 0 aliphatic carbocycles. The molecule has 0 saturated carbocycles. The maximum absolute atomic E-state index is 13.4. The van der Waals surface area contributed by atoms with Gasteiger partial charge in [0.2, 0.25) is 0 Å². The summed E-state index contributed by atoms with van der Waals surface area (Å²) in [4.78, 5) is 27.9. The maximum Gasteiger partial charge on any atom is 0.300 e. The third-order valence-electron chi connectivity index (χ3n) is 5.73. The molecule has 0 radical (unpaired) electrons. The summed E-state index contributed by atoms with van der Waals surface area (Å²) in [5.41, 5.74) is 0.669. The van der Waals surface area contributed by atoms with Crippen LogP contribution < -0.4 is 19.1 Å². The van der Waals surface area contributed by atoms with Crippen molar-refractivity contribution >= 4 is 34.7 Å². The van der Waals surface area contributed by atoms with Gasteiger partial charge in [0.1, 0.15) is 22.8 Å². The number of aliphatic hydroxyl groups is 1. The van der Waals surface area contributed by atoms with Gasteiger partial charge in [0.25, 0.3) is 11.7 Å². The molecule has 1 aliphatic heterocycles. The Morgan fingerprint density at radius 2 is 1.49 bits per heavy atom. The van der Waals surface area contributed by atoms with Gasteiger partial charge in [-0.1, -0.05) is 23.7 Å². The Hall–Kier alpha value is -4.17. The number of benzene rings is 3. The number of anilines is 1. The van der Waals surface area contributed by atoms with Gasteiger partial charge in [-0.2, -0.15) is 0 Å². The third-order valence-corrected chi connectivity index (χ3v) is 5.98. The second kappa shape index (κ2) is 9.60. The fraction of sp³-hybridized carbons (Fsp3) is 0.154. The molecule has 4 rings (SSSR count). The number of methoxy groups -OCH3 is 3. The fourth-order valence-corrected chi connectivity index (χ4v) is 4.24. The van der Waals surface area contributed by atoms with Crippen molar-refractivity contribution < 1.29 is 34.0 Å². The molecule has 1 atom stereocenters. The highest BCUT2D eigenvalue weighted by atomic mass is 35.5. The van der Waals surface area contributed by atoms with Crippen molar-refractivity contribution in [1.82, 2.24) is 0 Å². The number of phenols is 1. The van der Waals surface area contributed by atoms with E-state index in [0.717, 1.165) is 0 Å². The Morgan fingerprint density at radius 3 is 2.03 bits per heavy atom. The van der Waals surface area contributed by atoms with E-state index >= 15 is 0 Å². The number of amides is 1. The molecule has 1 heterocycles. The van der Waals surface area contributed by atoms with Gasteiger partial charge in [0, 0.05) is 10.7 Å². The van der Waals surface area contributed by atoms with E-state index < -0.39 is 23.5 Å². The molecule has 8 nitrogen and oxygen atoms in total. The van der Waals surface area contributed by atoms with Crippen LogP contribution in [0.25, 0.3) is 5.76 Å². The van der Waals surface area contributed by atoms with Crippen molar-refractivity contribution in [2.75, 3.05) is 26.2 Å². The summed E-state index contributed by atoms with van der Waals surface area (Å²) in [5, 5.41) is 22.3. The largest absolute Gasteiger partial charge is 0.506 e. The summed E-state index contributed by atoms with van der Waals surface area (Å²) in [6.45, 7) is 0. The van der Waals surface area contributed by atoms with E-state index in [1.54, 1.807) is 48.5 Å². The topological polar surface area (TPSA) is 106 Å². The number of hydrogen-bond donors (Lipinski definition) is 2. The smallest absolute Gasteiger partial charge is 0.300 e. The first-order chi connectivity index (χ1) is 16.8. The molecule has 9 heteroatoms. The standard InChI is InChI=1S/C26H22ClNO7/c1-33-18-12-7-14(13-17(18)29)23-22(24(30)21-19(34-2)5-4-6-20(21)35-3)25(31)26(32)28(23)16-10-8-15(27)9-11-16/h4-13,23,29-30H,1-3H3/b24-22+. The van der Waals surface area contributed by atoms with E-state index in [4.69, 9.17) is 25.8 Å². The summed E-state index contributed by atoms with van der Waals surface area (Å²) in [5.74, 6) is -1.74. The summed E-state index contributed by atoms with van der Waals surface area (Å²) in [7, 11) is 4.23. The number of phenolic OH excluding ortho intramolecular Hbond substituents is 1. The molecule has 180 valence electrons. The van der Waals surface area contributed by atoms with Crippen LogP contribution in [0.1, 0.15) is 17.2 Å². The molecule has 35 heavy (non-hydrogen) atoms. The number of aliphatic hydroxyl groups excluding tert-OH is 1. The van der Waals surface area contributed by atoms with E-state index in [-0.39, 0.29) is 34.1 Å². The van der Waals surface area contributed by atoms with Gasteiger partial charge in [0.15, 0.2) is 11.5 Å². The van der Waals surface area contributed by atoms with Crippen molar-refractivity contribution in [2.24, 2.45) is 0 Å². The Morgan fingerprint density at radius 1 is 0.886 bits per heavy atom. The lowest BCUT2D eigenvalue weighted by Crippen LogP contribution is -2.29. The quantitative estimate of drug-likeness (QED) is 0.290. The van der Waals surface area contributed by atoms with Crippen LogP contribution in [0.3, 0.4) is 0 Å². The number of carbonyl (C=O) groups is 2. The highest BCUT2D eigenvalue weighted by molar-refractivity contribution is 6.51. The molecule has 3 aromatic carbocycles. The lowest BCUT2D eigenvalue weighted by Gasteiger charge is -2.26. The Bertz CT molecular complexity index is 1310. The van der Waals surface area contributed by atoms with Gasteiger partial charge in [-0.15, -0.1) is 0 Å². The van der Waals surface area contributed by atoms with E-state index in [1.165, 1.54) is 38.4 Å². The van der Waals surface area contributed by atoms with E-state index in [2.05, 4.69) is 0 Å². The first kappa shape index (κ1) is 24.0. The molecule has 3 aromatic rings. The number of ketones is 1. The van der Waals surface area contributed by atoms with Crippen molar-refractivity contribution in [1.29, 1.82) is 0 Å². The molecule has 0 bridgehead atoms. The zero-order chi connectivity index (χ0) is 25.3. The van der Waals surface area contributed by atoms with Crippen LogP contribution in [0.2, 0.25) is 5.02 Å². The molecule has 1 amide bonds. The lowest BCUT2D eigenvalue weighted by molar-refractivity contribution is -0.132. The predicted octanol–water partition coefficient (Wildman–Crippen LogP) is 4.70. The van der Waals surface area contributed by atoms with Crippen molar-refractivity contribution in [2.45, 2.75) is 6.04 Å². The summed E-state index contributed by atoms with van der Waals surface area (Å²) >= 11 is 6.02. The lowest BCUT2D eigenvalue weighted by atomic mass is 9.94. The number of Topliss-reactive ketones (excluding diaryl/α,β-unsaturated/α-hetero) is 1. The van der Waals surface area contributed by atoms with E-state index in [1.807, 2.05) is 0 Å². The number of nitrogens with zero attached hydrogens (tertiary/aromatic N) is 1. The average Bonchev–Trinajstić information content (AvgIpc) is 3.13. The second-order valence-electron chi connectivity index (χ2n) is 7.61. The summed E-state index contributed by atoms with van der Waals surface area (Å²) in [6.07, 6.45) is 0. The van der Waals surface area contributed by atoms with Crippen LogP contribution in [0.5, 0.6) is 23.0 Å². The average molecular weight is 496 g/mol. The number of halogens is 1. The van der Waals surface area contributed by atoms with Gasteiger partial charge in [-0.25, -0.2) is 0 Å². The van der Waals surface area contributed by atoms with Crippen LogP contribution in [-0.4, -0.2) is 43.2 Å². The maximum atomic E-state index is 13.4. The number of aromatic hydroxyl groups is 1. The molecule has 1 unspecified atom stereocenters. The van der Waals surface area contributed by atoms with Gasteiger partial charge >= 0.3 is 0 Å². The van der Waals surface area contributed by atoms with Crippen LogP contribution >= 0.6 is 11.6 Å². The predicted molar refractivity (Wildman–Crippen MR) is 130 cm³/mol. The molecule has 2 N–H and O–H groups in total. The summed E-state index contributed by atoms with van der Waals surface area (Å²) < 4.78 is 15.9. The van der Waals surface area contributed by atoms with Crippen LogP contribution in [0.4, 0.5) is 5.69 Å². The molecule has 0 spiro atoms. The minimum absolute atomic E-state index is 0.120. The Labute approximate surface area is 206 Å². The second-order valence-corrected chi connectivity index (χ2v) is 8.05. The SMILES string of the molecule is COc1ccc(C2/C(=C(\O)c3c(OC)cccc3OC)C(=O)C(=O)N2c2ccc(Cl)cc2)cc1O. The zero-order valence-electron chi connectivity index (χ0n) is 19.1. The molecule has 1 aliphatic rings. The van der Waals surface area contributed by atoms with Gasteiger partial charge in [0.05, 0.1) is 32.9 Å².